The second kappa shape index (κ2) is 6.50. The molecular weight excluding hydrogens is 244 g/mol. The molecule has 0 bridgehead atoms. The fraction of sp³-hybridized carbons (Fsp3) is 0.400. The van der Waals surface area contributed by atoms with E-state index in [0.29, 0.717) is 13.2 Å². The molecule has 4 heteroatoms. The number of ether oxygens (including phenoxy) is 1. The predicted octanol–water partition coefficient (Wildman–Crippen LogP) is 1.84. The van der Waals surface area contributed by atoms with Gasteiger partial charge in [-0.1, -0.05) is 42.5 Å². The van der Waals surface area contributed by atoms with Crippen molar-refractivity contribution in [3.8, 4) is 0 Å². The molecule has 0 radical (unpaired) electrons. The lowest BCUT2D eigenvalue weighted by molar-refractivity contribution is -0.139. The molecule has 19 heavy (non-hydrogen) atoms. The number of aliphatic hydroxyl groups is 1. The summed E-state index contributed by atoms with van der Waals surface area (Å²) >= 11 is 0. The summed E-state index contributed by atoms with van der Waals surface area (Å²) in [5.74, 6) is -1.20. The van der Waals surface area contributed by atoms with E-state index in [0.717, 1.165) is 5.56 Å². The van der Waals surface area contributed by atoms with Gasteiger partial charge in [-0.15, -0.1) is 0 Å². The van der Waals surface area contributed by atoms with Crippen LogP contribution in [0, 0.1) is 11.8 Å². The van der Waals surface area contributed by atoms with Crippen molar-refractivity contribution in [3.63, 3.8) is 0 Å². The third kappa shape index (κ3) is 3.91. The zero-order valence-corrected chi connectivity index (χ0v) is 10.6. The fourth-order valence-electron chi connectivity index (χ4n) is 2.34. The third-order valence-electron chi connectivity index (χ3n) is 3.38. The van der Waals surface area contributed by atoms with Crippen LogP contribution in [0.1, 0.15) is 12.0 Å². The number of aliphatic carboxylic acids is 1. The van der Waals surface area contributed by atoms with E-state index in [1.54, 1.807) is 6.08 Å². The van der Waals surface area contributed by atoms with Crippen LogP contribution < -0.4 is 0 Å². The van der Waals surface area contributed by atoms with Crippen molar-refractivity contribution < 1.29 is 19.7 Å². The Morgan fingerprint density at radius 2 is 1.95 bits per heavy atom. The van der Waals surface area contributed by atoms with Crippen LogP contribution in [0.3, 0.4) is 0 Å². The molecule has 0 spiro atoms. The van der Waals surface area contributed by atoms with Crippen LogP contribution in [-0.2, 0) is 16.1 Å². The largest absolute Gasteiger partial charge is 0.481 e. The van der Waals surface area contributed by atoms with Gasteiger partial charge in [0.25, 0.3) is 0 Å². The summed E-state index contributed by atoms with van der Waals surface area (Å²) in [6.07, 6.45) is 2.79. The molecule has 0 aromatic heterocycles. The van der Waals surface area contributed by atoms with Crippen LogP contribution in [-0.4, -0.2) is 28.9 Å². The summed E-state index contributed by atoms with van der Waals surface area (Å²) in [4.78, 5) is 10.8. The summed E-state index contributed by atoms with van der Waals surface area (Å²) in [6, 6.07) is 9.81. The minimum absolute atomic E-state index is 0.0326. The number of benzene rings is 1. The molecule has 4 nitrogen and oxygen atoms in total. The van der Waals surface area contributed by atoms with Crippen molar-refractivity contribution in [3.05, 3.63) is 48.0 Å². The lowest BCUT2D eigenvalue weighted by atomic mass is 9.91. The van der Waals surface area contributed by atoms with Gasteiger partial charge >= 0.3 is 5.97 Å². The van der Waals surface area contributed by atoms with Gasteiger partial charge in [0.15, 0.2) is 0 Å². The second-order valence-electron chi connectivity index (χ2n) is 4.80. The van der Waals surface area contributed by atoms with E-state index in [9.17, 15) is 9.90 Å². The normalized spacial score (nSPS) is 25.6. The molecule has 2 N–H and O–H groups in total. The zero-order chi connectivity index (χ0) is 13.7. The highest BCUT2D eigenvalue weighted by Gasteiger charge is 2.32. The maximum Gasteiger partial charge on any atom is 0.303 e. The molecule has 3 atom stereocenters. The number of carboxylic acids is 1. The maximum atomic E-state index is 10.8. The third-order valence-corrected chi connectivity index (χ3v) is 3.38. The Morgan fingerprint density at radius 3 is 2.63 bits per heavy atom. The molecule has 1 aliphatic carbocycles. The monoisotopic (exact) mass is 262 g/mol. The van der Waals surface area contributed by atoms with Crippen LogP contribution in [0.25, 0.3) is 0 Å². The van der Waals surface area contributed by atoms with Crippen molar-refractivity contribution in [2.75, 3.05) is 6.61 Å². The number of hydrogen-bond donors (Lipinski definition) is 2. The standard InChI is InChI=1S/C15H18O4/c16-14-7-6-12(13(14)8-15(17)18)10-19-9-11-4-2-1-3-5-11/h1-7,12-14,16H,8-10H2,(H,17,18)/t12-,13-,14+/m0/s1. The molecule has 0 saturated carbocycles. The Kier molecular flexibility index (Phi) is 4.71. The number of aliphatic hydroxyl groups excluding tert-OH is 1. The second-order valence-corrected chi connectivity index (χ2v) is 4.80. The molecule has 0 unspecified atom stereocenters. The Hall–Kier alpha value is -1.65. The number of rotatable bonds is 6. The molecule has 0 saturated heterocycles. The van der Waals surface area contributed by atoms with Crippen LogP contribution >= 0.6 is 0 Å². The minimum atomic E-state index is -0.888. The van der Waals surface area contributed by atoms with Gasteiger partial charge in [0, 0.05) is 11.8 Å². The SMILES string of the molecule is O=C(O)C[C@@H]1[C@H](O)C=C[C@H]1COCc1ccccc1. The van der Waals surface area contributed by atoms with E-state index in [-0.39, 0.29) is 18.3 Å². The smallest absolute Gasteiger partial charge is 0.303 e. The van der Waals surface area contributed by atoms with Gasteiger partial charge in [0.2, 0.25) is 0 Å². The molecule has 0 fully saturated rings. The Labute approximate surface area is 112 Å². The summed E-state index contributed by atoms with van der Waals surface area (Å²) < 4.78 is 5.61. The number of carboxylic acid groups (broad SMARTS) is 1. The van der Waals surface area contributed by atoms with Crippen molar-refractivity contribution in [2.45, 2.75) is 19.1 Å². The van der Waals surface area contributed by atoms with Crippen molar-refractivity contribution in [1.29, 1.82) is 0 Å². The lowest BCUT2D eigenvalue weighted by Crippen LogP contribution is -2.26. The van der Waals surface area contributed by atoms with Crippen molar-refractivity contribution in [1.82, 2.24) is 0 Å². The van der Waals surface area contributed by atoms with Crippen molar-refractivity contribution >= 4 is 5.97 Å². The lowest BCUT2D eigenvalue weighted by Gasteiger charge is -2.20. The first-order valence-corrected chi connectivity index (χ1v) is 6.36. The van der Waals surface area contributed by atoms with Crippen molar-refractivity contribution in [2.24, 2.45) is 11.8 Å². The van der Waals surface area contributed by atoms with Gasteiger partial charge in [0.1, 0.15) is 0 Å². The highest BCUT2D eigenvalue weighted by atomic mass is 16.5. The van der Waals surface area contributed by atoms with E-state index in [1.165, 1.54) is 0 Å². The molecule has 0 amide bonds. The van der Waals surface area contributed by atoms with E-state index in [2.05, 4.69) is 0 Å². The molecule has 1 aromatic rings. The molecule has 2 rings (SSSR count). The van der Waals surface area contributed by atoms with E-state index in [4.69, 9.17) is 9.84 Å². The van der Waals surface area contributed by atoms with E-state index < -0.39 is 12.1 Å². The van der Waals surface area contributed by atoms with Gasteiger partial charge in [-0.05, 0) is 5.56 Å². The average molecular weight is 262 g/mol. The molecule has 0 heterocycles. The van der Waals surface area contributed by atoms with Gasteiger partial charge < -0.3 is 14.9 Å². The Balaban J connectivity index is 1.81. The highest BCUT2D eigenvalue weighted by molar-refractivity contribution is 5.67. The maximum absolute atomic E-state index is 10.8. The number of hydrogen-bond acceptors (Lipinski definition) is 3. The molecule has 1 aromatic carbocycles. The molecular formula is C15H18O4. The van der Waals surface area contributed by atoms with Crippen LogP contribution in [0.15, 0.2) is 42.5 Å². The fourth-order valence-corrected chi connectivity index (χ4v) is 2.34. The first kappa shape index (κ1) is 13.8. The van der Waals surface area contributed by atoms with Gasteiger partial charge in [-0.2, -0.15) is 0 Å². The van der Waals surface area contributed by atoms with Gasteiger partial charge in [-0.3, -0.25) is 4.79 Å². The molecule has 102 valence electrons. The molecule has 0 aliphatic heterocycles. The topological polar surface area (TPSA) is 66.8 Å². The zero-order valence-electron chi connectivity index (χ0n) is 10.6. The minimum Gasteiger partial charge on any atom is -0.481 e. The Morgan fingerprint density at radius 1 is 1.21 bits per heavy atom. The summed E-state index contributed by atoms with van der Waals surface area (Å²) in [7, 11) is 0. The van der Waals surface area contributed by atoms with Crippen LogP contribution in [0.5, 0.6) is 0 Å². The summed E-state index contributed by atoms with van der Waals surface area (Å²) in [6.45, 7) is 0.932. The Bertz CT molecular complexity index is 441. The van der Waals surface area contributed by atoms with Gasteiger partial charge in [0.05, 0.1) is 25.7 Å². The first-order valence-electron chi connectivity index (χ1n) is 6.36. The van der Waals surface area contributed by atoms with Gasteiger partial charge in [-0.25, -0.2) is 0 Å². The summed E-state index contributed by atoms with van der Waals surface area (Å²) in [5.41, 5.74) is 1.08. The quantitative estimate of drug-likeness (QED) is 0.768. The first-order chi connectivity index (χ1) is 9.16. The molecule has 1 aliphatic rings. The van der Waals surface area contributed by atoms with Crippen LogP contribution in [0.2, 0.25) is 0 Å². The van der Waals surface area contributed by atoms with Crippen LogP contribution in [0.4, 0.5) is 0 Å². The van der Waals surface area contributed by atoms with E-state index >= 15 is 0 Å². The van der Waals surface area contributed by atoms with E-state index in [1.807, 2.05) is 36.4 Å². The highest BCUT2D eigenvalue weighted by Crippen LogP contribution is 2.29. The summed E-state index contributed by atoms with van der Waals surface area (Å²) in [5, 5.41) is 18.6. The average Bonchev–Trinajstić information content (AvgIpc) is 2.72. The predicted molar refractivity (Wildman–Crippen MR) is 70.5 cm³/mol. The number of carbonyl (C=O) groups is 1.